The molecule has 2 aliphatic rings. The van der Waals surface area contributed by atoms with Gasteiger partial charge in [-0.1, -0.05) is 0 Å². The molecule has 0 unspecified atom stereocenters. The van der Waals surface area contributed by atoms with Crippen LogP contribution in [0.5, 0.6) is 11.5 Å². The highest BCUT2D eigenvalue weighted by Crippen LogP contribution is 2.36. The molecule has 0 atom stereocenters. The van der Waals surface area contributed by atoms with Crippen molar-refractivity contribution in [3.05, 3.63) is 23.8 Å². The van der Waals surface area contributed by atoms with Gasteiger partial charge in [0.2, 0.25) is 0 Å². The topological polar surface area (TPSA) is 49.8 Å². The van der Waals surface area contributed by atoms with Gasteiger partial charge < -0.3 is 14.7 Å². The number of benzene rings is 1. The van der Waals surface area contributed by atoms with Gasteiger partial charge in [0.1, 0.15) is 11.5 Å². The van der Waals surface area contributed by atoms with E-state index in [-0.39, 0.29) is 11.7 Å². The number of rotatable bonds is 5. The monoisotopic (exact) mass is 261 g/mol. The lowest BCUT2D eigenvalue weighted by molar-refractivity contribution is 0.0731. The van der Waals surface area contributed by atoms with Crippen LogP contribution >= 0.6 is 0 Å². The van der Waals surface area contributed by atoms with Crippen molar-refractivity contribution in [2.75, 3.05) is 13.7 Å². The van der Waals surface area contributed by atoms with Crippen molar-refractivity contribution >= 4 is 5.91 Å². The summed E-state index contributed by atoms with van der Waals surface area (Å²) in [6.45, 7) is 0.842. The largest absolute Gasteiger partial charge is 0.507 e. The Morgan fingerprint density at radius 3 is 2.63 bits per heavy atom. The van der Waals surface area contributed by atoms with E-state index in [1.807, 2.05) is 4.90 Å². The van der Waals surface area contributed by atoms with Crippen LogP contribution in [0.1, 0.15) is 36.0 Å². The van der Waals surface area contributed by atoms with Crippen LogP contribution in [0, 0.1) is 5.92 Å². The molecular formula is C15H19NO3. The van der Waals surface area contributed by atoms with Crippen LogP contribution in [0.2, 0.25) is 0 Å². The number of amides is 1. The summed E-state index contributed by atoms with van der Waals surface area (Å²) in [5.74, 6) is 1.19. The van der Waals surface area contributed by atoms with Crippen LogP contribution in [0.3, 0.4) is 0 Å². The maximum atomic E-state index is 12.5. The summed E-state index contributed by atoms with van der Waals surface area (Å²) in [5.41, 5.74) is 0.383. The molecule has 1 aromatic carbocycles. The second kappa shape index (κ2) is 4.76. The van der Waals surface area contributed by atoms with E-state index in [1.54, 1.807) is 19.2 Å². The first-order valence-electron chi connectivity index (χ1n) is 6.87. The van der Waals surface area contributed by atoms with Gasteiger partial charge in [0, 0.05) is 18.7 Å². The Hall–Kier alpha value is -1.71. The fourth-order valence-electron chi connectivity index (χ4n) is 2.34. The van der Waals surface area contributed by atoms with Gasteiger partial charge in [-0.25, -0.2) is 0 Å². The molecule has 0 aliphatic heterocycles. The van der Waals surface area contributed by atoms with Crippen molar-refractivity contribution in [2.24, 2.45) is 5.92 Å². The molecule has 0 radical (unpaired) electrons. The van der Waals surface area contributed by atoms with E-state index in [0.717, 1.165) is 19.4 Å². The number of hydrogen-bond donors (Lipinski definition) is 1. The van der Waals surface area contributed by atoms with Crippen LogP contribution < -0.4 is 4.74 Å². The van der Waals surface area contributed by atoms with Crippen LogP contribution in [0.25, 0.3) is 0 Å². The van der Waals surface area contributed by atoms with Crippen molar-refractivity contribution in [2.45, 2.75) is 31.7 Å². The smallest absolute Gasteiger partial charge is 0.257 e. The molecule has 0 bridgehead atoms. The van der Waals surface area contributed by atoms with Gasteiger partial charge in [-0.3, -0.25) is 4.79 Å². The highest BCUT2D eigenvalue weighted by Gasteiger charge is 2.37. The minimum absolute atomic E-state index is 0.00537. The zero-order valence-corrected chi connectivity index (χ0v) is 11.1. The second-order valence-electron chi connectivity index (χ2n) is 5.52. The number of carbonyl (C=O) groups is 1. The fourth-order valence-corrected chi connectivity index (χ4v) is 2.34. The van der Waals surface area contributed by atoms with Crippen LogP contribution in [0.15, 0.2) is 18.2 Å². The van der Waals surface area contributed by atoms with Gasteiger partial charge in [0.15, 0.2) is 0 Å². The third kappa shape index (κ3) is 2.67. The summed E-state index contributed by atoms with van der Waals surface area (Å²) in [6.07, 6.45) is 4.64. The maximum Gasteiger partial charge on any atom is 0.257 e. The zero-order valence-electron chi connectivity index (χ0n) is 11.1. The molecule has 1 aromatic rings. The number of hydrogen-bond acceptors (Lipinski definition) is 3. The number of carbonyl (C=O) groups excluding carboxylic acids is 1. The first-order chi connectivity index (χ1) is 9.19. The molecule has 0 aromatic heterocycles. The molecule has 0 spiro atoms. The quantitative estimate of drug-likeness (QED) is 0.885. The molecule has 102 valence electrons. The first-order valence-corrected chi connectivity index (χ1v) is 6.87. The van der Waals surface area contributed by atoms with E-state index in [0.29, 0.717) is 23.3 Å². The van der Waals surface area contributed by atoms with Crippen molar-refractivity contribution < 1.29 is 14.6 Å². The van der Waals surface area contributed by atoms with E-state index < -0.39 is 0 Å². The van der Waals surface area contributed by atoms with Crippen LogP contribution in [-0.2, 0) is 0 Å². The van der Waals surface area contributed by atoms with E-state index in [4.69, 9.17) is 4.74 Å². The summed E-state index contributed by atoms with van der Waals surface area (Å²) in [7, 11) is 1.54. The second-order valence-corrected chi connectivity index (χ2v) is 5.52. The summed E-state index contributed by atoms with van der Waals surface area (Å²) >= 11 is 0. The number of phenolic OH excluding ortho intramolecular Hbond substituents is 1. The predicted octanol–water partition coefficient (Wildman–Crippen LogP) is 2.42. The fraction of sp³-hybridized carbons (Fsp3) is 0.533. The zero-order chi connectivity index (χ0) is 13.4. The molecule has 1 amide bonds. The molecular weight excluding hydrogens is 242 g/mol. The van der Waals surface area contributed by atoms with Gasteiger partial charge in [-0.05, 0) is 43.7 Å². The average molecular weight is 261 g/mol. The highest BCUT2D eigenvalue weighted by atomic mass is 16.5. The minimum atomic E-state index is -0.0467. The third-order valence-electron chi connectivity index (χ3n) is 3.84. The average Bonchev–Trinajstić information content (AvgIpc) is 3.27. The summed E-state index contributed by atoms with van der Waals surface area (Å²) in [4.78, 5) is 14.5. The third-order valence-corrected chi connectivity index (χ3v) is 3.84. The molecule has 3 rings (SSSR count). The normalized spacial score (nSPS) is 18.2. The van der Waals surface area contributed by atoms with Gasteiger partial charge in [0.05, 0.1) is 12.7 Å². The Balaban J connectivity index is 1.80. The number of aromatic hydroxyl groups is 1. The predicted molar refractivity (Wildman–Crippen MR) is 71.4 cm³/mol. The SMILES string of the molecule is COc1ccc(C(=O)N(CC2CC2)C2CC2)c(O)c1. The summed E-state index contributed by atoms with van der Waals surface area (Å²) < 4.78 is 5.04. The summed E-state index contributed by atoms with van der Waals surface area (Å²) in [5, 5.41) is 9.97. The molecule has 4 heteroatoms. The number of ether oxygens (including phenoxy) is 1. The molecule has 0 heterocycles. The Kier molecular flexibility index (Phi) is 3.09. The van der Waals surface area contributed by atoms with Gasteiger partial charge >= 0.3 is 0 Å². The van der Waals surface area contributed by atoms with Gasteiger partial charge in [0.25, 0.3) is 5.91 Å². The number of phenols is 1. The Labute approximate surface area is 113 Å². The highest BCUT2D eigenvalue weighted by molar-refractivity contribution is 5.97. The van der Waals surface area contributed by atoms with Crippen molar-refractivity contribution in [3.8, 4) is 11.5 Å². The van der Waals surface area contributed by atoms with E-state index >= 15 is 0 Å². The van der Waals surface area contributed by atoms with Gasteiger partial charge in [-0.15, -0.1) is 0 Å². The maximum absolute atomic E-state index is 12.5. The number of nitrogens with zero attached hydrogens (tertiary/aromatic N) is 1. The molecule has 19 heavy (non-hydrogen) atoms. The Morgan fingerprint density at radius 1 is 1.37 bits per heavy atom. The molecule has 2 fully saturated rings. The lowest BCUT2D eigenvalue weighted by atomic mass is 10.1. The molecule has 4 nitrogen and oxygen atoms in total. The van der Waals surface area contributed by atoms with Crippen LogP contribution in [0.4, 0.5) is 0 Å². The molecule has 2 saturated carbocycles. The van der Waals surface area contributed by atoms with E-state index in [9.17, 15) is 9.90 Å². The lowest BCUT2D eigenvalue weighted by Gasteiger charge is -2.23. The molecule has 2 aliphatic carbocycles. The van der Waals surface area contributed by atoms with Crippen molar-refractivity contribution in [3.63, 3.8) is 0 Å². The Morgan fingerprint density at radius 2 is 2.11 bits per heavy atom. The first kappa shape index (κ1) is 12.3. The standard InChI is InChI=1S/C15H19NO3/c1-19-12-6-7-13(14(17)8-12)15(18)16(11-4-5-11)9-10-2-3-10/h6-8,10-11,17H,2-5,9H2,1H3. The minimum Gasteiger partial charge on any atom is -0.507 e. The van der Waals surface area contributed by atoms with E-state index in [1.165, 1.54) is 18.9 Å². The Bertz CT molecular complexity index is 492. The molecule has 1 N–H and O–H groups in total. The molecule has 0 saturated heterocycles. The van der Waals surface area contributed by atoms with Gasteiger partial charge in [-0.2, -0.15) is 0 Å². The summed E-state index contributed by atoms with van der Waals surface area (Å²) in [6, 6.07) is 5.25. The lowest BCUT2D eigenvalue weighted by Crippen LogP contribution is -2.34. The van der Waals surface area contributed by atoms with Crippen molar-refractivity contribution in [1.29, 1.82) is 0 Å². The van der Waals surface area contributed by atoms with Crippen LogP contribution in [-0.4, -0.2) is 35.6 Å². The van der Waals surface area contributed by atoms with Crippen molar-refractivity contribution in [1.82, 2.24) is 4.90 Å². The number of methoxy groups -OCH3 is 1. The van der Waals surface area contributed by atoms with E-state index in [2.05, 4.69) is 0 Å².